The molecular weight excluding hydrogens is 184 g/mol. The smallest absolute Gasteiger partial charge is 0.200 e. The van der Waals surface area contributed by atoms with Crippen molar-refractivity contribution in [1.29, 1.82) is 0 Å². The topological polar surface area (TPSA) is 29.6 Å². The molecule has 0 atom stereocenters. The Morgan fingerprint density at radius 3 is 1.78 bits per heavy atom. The SMILES string of the molecule is C1CO1.CC(C)C(=O)Br. The molecule has 54 valence electrons. The van der Waals surface area contributed by atoms with E-state index in [9.17, 15) is 4.79 Å². The summed E-state index contributed by atoms with van der Waals surface area (Å²) < 4.78 is 4.57. The lowest BCUT2D eigenvalue weighted by atomic mass is 10.3. The molecule has 1 heterocycles. The predicted octanol–water partition coefficient (Wildman–Crippen LogP) is 1.58. The molecule has 0 amide bonds. The Morgan fingerprint density at radius 1 is 1.56 bits per heavy atom. The Balaban J connectivity index is 0.000000173. The van der Waals surface area contributed by atoms with Crippen molar-refractivity contribution in [3.05, 3.63) is 0 Å². The Bertz CT molecular complexity index is 86.3. The Kier molecular flexibility index (Phi) is 5.00. The zero-order valence-electron chi connectivity index (χ0n) is 5.69. The third-order valence-corrected chi connectivity index (χ3v) is 1.57. The quantitative estimate of drug-likeness (QED) is 0.469. The highest BCUT2D eigenvalue weighted by Crippen LogP contribution is 1.98. The van der Waals surface area contributed by atoms with Crippen LogP contribution in [0, 0.1) is 5.92 Å². The van der Waals surface area contributed by atoms with Gasteiger partial charge in [0.1, 0.15) is 0 Å². The molecule has 9 heavy (non-hydrogen) atoms. The lowest BCUT2D eigenvalue weighted by Gasteiger charge is -1.88. The van der Waals surface area contributed by atoms with Gasteiger partial charge in [0, 0.05) is 5.92 Å². The van der Waals surface area contributed by atoms with Crippen molar-refractivity contribution in [1.82, 2.24) is 0 Å². The van der Waals surface area contributed by atoms with Crippen LogP contribution < -0.4 is 0 Å². The molecule has 2 nitrogen and oxygen atoms in total. The number of rotatable bonds is 1. The van der Waals surface area contributed by atoms with Crippen LogP contribution in [0.3, 0.4) is 0 Å². The highest BCUT2D eigenvalue weighted by molar-refractivity contribution is 9.18. The van der Waals surface area contributed by atoms with E-state index in [1.165, 1.54) is 0 Å². The lowest BCUT2D eigenvalue weighted by Crippen LogP contribution is -1.94. The molecule has 0 aromatic rings. The Hall–Kier alpha value is 0.110. The van der Waals surface area contributed by atoms with Gasteiger partial charge in [0.05, 0.1) is 13.2 Å². The summed E-state index contributed by atoms with van der Waals surface area (Å²) in [4.78, 5) is 10.1. The first-order chi connectivity index (χ1) is 4.14. The first-order valence-electron chi connectivity index (χ1n) is 2.91. The summed E-state index contributed by atoms with van der Waals surface area (Å²) in [7, 11) is 0. The van der Waals surface area contributed by atoms with Crippen LogP contribution in [0.4, 0.5) is 0 Å². The fraction of sp³-hybridized carbons (Fsp3) is 0.833. The van der Waals surface area contributed by atoms with Crippen molar-refractivity contribution in [2.75, 3.05) is 13.2 Å². The molecule has 0 aliphatic carbocycles. The van der Waals surface area contributed by atoms with Crippen molar-refractivity contribution in [2.45, 2.75) is 13.8 Å². The Morgan fingerprint density at radius 2 is 1.78 bits per heavy atom. The highest BCUT2D eigenvalue weighted by Gasteiger charge is 1.97. The van der Waals surface area contributed by atoms with Gasteiger partial charge in [-0.05, 0) is 15.9 Å². The first kappa shape index (κ1) is 9.11. The summed E-state index contributed by atoms with van der Waals surface area (Å²) in [5.41, 5.74) is 0. The summed E-state index contributed by atoms with van der Waals surface area (Å²) in [6.07, 6.45) is 0. The number of ether oxygens (including phenoxy) is 1. The van der Waals surface area contributed by atoms with Gasteiger partial charge < -0.3 is 4.74 Å². The maximum atomic E-state index is 10.1. The lowest BCUT2D eigenvalue weighted by molar-refractivity contribution is -0.112. The van der Waals surface area contributed by atoms with Crippen molar-refractivity contribution in [3.8, 4) is 0 Å². The summed E-state index contributed by atoms with van der Waals surface area (Å²) in [6.45, 7) is 5.69. The van der Waals surface area contributed by atoms with Crippen LogP contribution in [-0.2, 0) is 9.53 Å². The summed E-state index contributed by atoms with van der Waals surface area (Å²) in [5, 5.41) is 0. The van der Waals surface area contributed by atoms with Crippen LogP contribution in [0.5, 0.6) is 0 Å². The number of hydrogen-bond acceptors (Lipinski definition) is 2. The van der Waals surface area contributed by atoms with E-state index in [0.717, 1.165) is 13.2 Å². The van der Waals surface area contributed by atoms with Crippen molar-refractivity contribution < 1.29 is 9.53 Å². The van der Waals surface area contributed by atoms with Crippen LogP contribution in [0.25, 0.3) is 0 Å². The fourth-order valence-electron chi connectivity index (χ4n) is 0. The molecule has 0 unspecified atom stereocenters. The van der Waals surface area contributed by atoms with Gasteiger partial charge in [0.2, 0.25) is 0 Å². The van der Waals surface area contributed by atoms with Gasteiger partial charge in [0.25, 0.3) is 0 Å². The molecule has 3 heteroatoms. The number of epoxide rings is 1. The second kappa shape index (κ2) is 4.94. The van der Waals surface area contributed by atoms with Crippen LogP contribution in [0.15, 0.2) is 0 Å². The maximum Gasteiger partial charge on any atom is 0.200 e. The molecule has 1 aliphatic heterocycles. The van der Waals surface area contributed by atoms with Gasteiger partial charge in [-0.15, -0.1) is 0 Å². The fourth-order valence-corrected chi connectivity index (χ4v) is 0. The number of carbonyl (C=O) groups is 1. The van der Waals surface area contributed by atoms with E-state index in [1.54, 1.807) is 0 Å². The molecule has 1 rings (SSSR count). The number of carbonyl (C=O) groups excluding carboxylic acids is 1. The molecule has 0 aromatic carbocycles. The molecule has 0 N–H and O–H groups in total. The van der Waals surface area contributed by atoms with Crippen LogP contribution in [-0.4, -0.2) is 17.9 Å². The van der Waals surface area contributed by atoms with Gasteiger partial charge in [0.15, 0.2) is 4.69 Å². The maximum absolute atomic E-state index is 10.1. The molecular formula is C6H11BrO2. The highest BCUT2D eigenvalue weighted by atomic mass is 79.9. The van der Waals surface area contributed by atoms with E-state index >= 15 is 0 Å². The molecule has 0 radical (unpaired) electrons. The molecule has 0 saturated carbocycles. The summed E-state index contributed by atoms with van der Waals surface area (Å²) >= 11 is 2.80. The van der Waals surface area contributed by atoms with E-state index < -0.39 is 0 Å². The van der Waals surface area contributed by atoms with Crippen molar-refractivity contribution in [2.24, 2.45) is 5.92 Å². The second-order valence-corrected chi connectivity index (χ2v) is 2.85. The van der Waals surface area contributed by atoms with Gasteiger partial charge in [-0.3, -0.25) is 4.79 Å². The average molecular weight is 195 g/mol. The second-order valence-electron chi connectivity index (χ2n) is 2.07. The van der Waals surface area contributed by atoms with Crippen LogP contribution in [0.2, 0.25) is 0 Å². The third kappa shape index (κ3) is 11.6. The minimum atomic E-state index is 0.0718. The van der Waals surface area contributed by atoms with Gasteiger partial charge in [-0.2, -0.15) is 0 Å². The number of halogens is 1. The third-order valence-electron chi connectivity index (χ3n) is 0.658. The molecule has 1 aliphatic rings. The van der Waals surface area contributed by atoms with Gasteiger partial charge >= 0.3 is 0 Å². The summed E-state index contributed by atoms with van der Waals surface area (Å²) in [6, 6.07) is 0. The minimum Gasteiger partial charge on any atom is -0.377 e. The van der Waals surface area contributed by atoms with E-state index in [2.05, 4.69) is 20.7 Å². The van der Waals surface area contributed by atoms with Crippen LogP contribution in [0.1, 0.15) is 13.8 Å². The molecule has 1 fully saturated rings. The van der Waals surface area contributed by atoms with Crippen molar-refractivity contribution >= 4 is 20.6 Å². The van der Waals surface area contributed by atoms with E-state index in [0.29, 0.717) is 0 Å². The van der Waals surface area contributed by atoms with Gasteiger partial charge in [-0.1, -0.05) is 13.8 Å². The Labute approximate surface area is 63.7 Å². The minimum absolute atomic E-state index is 0.0718. The summed E-state index contributed by atoms with van der Waals surface area (Å²) in [5.74, 6) is 0.130. The van der Waals surface area contributed by atoms with E-state index in [4.69, 9.17) is 0 Å². The largest absolute Gasteiger partial charge is 0.377 e. The molecule has 0 aromatic heterocycles. The first-order valence-corrected chi connectivity index (χ1v) is 3.71. The van der Waals surface area contributed by atoms with Gasteiger partial charge in [-0.25, -0.2) is 0 Å². The molecule has 0 bridgehead atoms. The van der Waals surface area contributed by atoms with Crippen LogP contribution >= 0.6 is 15.9 Å². The van der Waals surface area contributed by atoms with E-state index in [1.807, 2.05) is 13.8 Å². The monoisotopic (exact) mass is 194 g/mol. The standard InChI is InChI=1S/C4H7BrO.C2H4O/c1-3(2)4(5)6;1-2-3-1/h3H,1-2H3;1-2H2. The molecule has 0 spiro atoms. The van der Waals surface area contributed by atoms with Crippen molar-refractivity contribution in [3.63, 3.8) is 0 Å². The number of hydrogen-bond donors (Lipinski definition) is 0. The van der Waals surface area contributed by atoms with E-state index in [-0.39, 0.29) is 10.6 Å². The normalized spacial score (nSPS) is 14.2. The molecule has 1 saturated heterocycles. The zero-order valence-corrected chi connectivity index (χ0v) is 7.27. The predicted molar refractivity (Wildman–Crippen MR) is 39.6 cm³/mol. The average Bonchev–Trinajstić information content (AvgIpc) is 2.46. The zero-order chi connectivity index (χ0) is 7.28.